The molecule has 0 amide bonds. The Bertz CT molecular complexity index is 553. The topological polar surface area (TPSA) is 64.3 Å². The normalized spacial score (nSPS) is 22.3. The van der Waals surface area contributed by atoms with Gasteiger partial charge in [0.1, 0.15) is 11.6 Å². The highest BCUT2D eigenvalue weighted by molar-refractivity contribution is 7.98. The van der Waals surface area contributed by atoms with E-state index in [1.165, 1.54) is 11.8 Å². The van der Waals surface area contributed by atoms with Crippen LogP contribution in [0.2, 0.25) is 0 Å². The molecular formula is C14H16N2O2S. The minimum atomic E-state index is -0.914. The molecule has 1 aliphatic heterocycles. The lowest BCUT2D eigenvalue weighted by molar-refractivity contribution is -0.142. The summed E-state index contributed by atoms with van der Waals surface area (Å²) in [6.45, 7) is 2.41. The predicted octanol–water partition coefficient (Wildman–Crippen LogP) is 2.72. The maximum atomic E-state index is 11.5. The molecule has 1 aromatic rings. The summed E-state index contributed by atoms with van der Waals surface area (Å²) in [5.74, 6) is -0.830. The van der Waals surface area contributed by atoms with Crippen LogP contribution >= 0.6 is 11.8 Å². The first kappa shape index (κ1) is 13.8. The van der Waals surface area contributed by atoms with Gasteiger partial charge in [-0.05, 0) is 38.2 Å². The van der Waals surface area contributed by atoms with E-state index in [0.29, 0.717) is 18.5 Å². The van der Waals surface area contributed by atoms with Gasteiger partial charge in [-0.3, -0.25) is 0 Å². The number of benzene rings is 1. The van der Waals surface area contributed by atoms with Crippen LogP contribution in [0.3, 0.4) is 0 Å². The molecule has 1 aromatic carbocycles. The SMILES string of the molecule is CSc1cccc(N2CCCC2(C)C(=O)O)c1C#N. The number of anilines is 1. The number of aliphatic carboxylic acids is 1. The van der Waals surface area contributed by atoms with E-state index in [0.717, 1.165) is 17.0 Å². The fourth-order valence-corrected chi connectivity index (χ4v) is 3.17. The molecule has 100 valence electrons. The van der Waals surface area contributed by atoms with E-state index in [4.69, 9.17) is 0 Å². The van der Waals surface area contributed by atoms with Crippen molar-refractivity contribution >= 4 is 23.4 Å². The van der Waals surface area contributed by atoms with E-state index in [2.05, 4.69) is 6.07 Å². The van der Waals surface area contributed by atoms with Gasteiger partial charge in [0.15, 0.2) is 0 Å². The molecule has 1 aliphatic rings. The van der Waals surface area contributed by atoms with Crippen molar-refractivity contribution in [2.24, 2.45) is 0 Å². The van der Waals surface area contributed by atoms with Crippen LogP contribution in [0.5, 0.6) is 0 Å². The fourth-order valence-electron chi connectivity index (χ4n) is 2.60. The standard InChI is InChI=1S/C14H16N2O2S/c1-14(13(17)18)7-4-8-16(14)11-5-3-6-12(19-2)10(11)9-15/h3,5-6H,4,7-8H2,1-2H3,(H,17,18). The van der Waals surface area contributed by atoms with Crippen molar-refractivity contribution in [3.05, 3.63) is 23.8 Å². The van der Waals surface area contributed by atoms with Gasteiger partial charge < -0.3 is 10.0 Å². The van der Waals surface area contributed by atoms with Crippen LogP contribution in [0, 0.1) is 11.3 Å². The molecule has 1 heterocycles. The zero-order chi connectivity index (χ0) is 14.0. The summed E-state index contributed by atoms with van der Waals surface area (Å²) < 4.78 is 0. The maximum absolute atomic E-state index is 11.5. The Morgan fingerprint density at radius 1 is 1.58 bits per heavy atom. The zero-order valence-corrected chi connectivity index (χ0v) is 11.8. The Hall–Kier alpha value is -1.67. The molecule has 0 spiro atoms. The highest BCUT2D eigenvalue weighted by Gasteiger charge is 2.44. The number of hydrogen-bond donors (Lipinski definition) is 1. The molecule has 0 bridgehead atoms. The van der Waals surface area contributed by atoms with Gasteiger partial charge in [0.05, 0.1) is 11.3 Å². The molecule has 0 saturated carbocycles. The Kier molecular flexibility index (Phi) is 3.72. The van der Waals surface area contributed by atoms with E-state index < -0.39 is 11.5 Å². The van der Waals surface area contributed by atoms with Gasteiger partial charge in [-0.15, -0.1) is 11.8 Å². The molecule has 0 aromatic heterocycles. The lowest BCUT2D eigenvalue weighted by atomic mass is 9.98. The van der Waals surface area contributed by atoms with Crippen molar-refractivity contribution in [1.82, 2.24) is 0 Å². The molecule has 0 radical (unpaired) electrons. The van der Waals surface area contributed by atoms with Crippen LogP contribution in [0.1, 0.15) is 25.3 Å². The molecule has 1 unspecified atom stereocenters. The van der Waals surface area contributed by atoms with Gasteiger partial charge in [0.2, 0.25) is 0 Å². The van der Waals surface area contributed by atoms with Crippen LogP contribution in [0.15, 0.2) is 23.1 Å². The second-order valence-electron chi connectivity index (χ2n) is 4.80. The number of rotatable bonds is 3. The largest absolute Gasteiger partial charge is 0.480 e. The summed E-state index contributed by atoms with van der Waals surface area (Å²) in [6, 6.07) is 7.82. The fraction of sp³-hybridized carbons (Fsp3) is 0.429. The summed E-state index contributed by atoms with van der Waals surface area (Å²) in [7, 11) is 0. The van der Waals surface area contributed by atoms with Crippen molar-refractivity contribution in [3.8, 4) is 6.07 Å². The number of carbonyl (C=O) groups is 1. The average Bonchev–Trinajstić information content (AvgIpc) is 2.81. The molecule has 4 nitrogen and oxygen atoms in total. The molecule has 0 aliphatic carbocycles. The summed E-state index contributed by atoms with van der Waals surface area (Å²) in [5, 5.41) is 18.8. The summed E-state index contributed by atoms with van der Waals surface area (Å²) in [4.78, 5) is 14.3. The second kappa shape index (κ2) is 5.14. The third-order valence-corrected chi connectivity index (χ3v) is 4.51. The third-order valence-electron chi connectivity index (χ3n) is 3.73. The molecule has 19 heavy (non-hydrogen) atoms. The summed E-state index contributed by atoms with van der Waals surface area (Å²) in [6.07, 6.45) is 3.36. The van der Waals surface area contributed by atoms with Crippen LogP contribution in [-0.4, -0.2) is 29.4 Å². The van der Waals surface area contributed by atoms with Gasteiger partial charge in [-0.25, -0.2) is 4.79 Å². The van der Waals surface area contributed by atoms with Crippen molar-refractivity contribution < 1.29 is 9.90 Å². The number of thioether (sulfide) groups is 1. The van der Waals surface area contributed by atoms with Crippen LogP contribution < -0.4 is 4.90 Å². The minimum absolute atomic E-state index is 0.573. The Morgan fingerprint density at radius 2 is 2.32 bits per heavy atom. The van der Waals surface area contributed by atoms with E-state index in [1.807, 2.05) is 29.4 Å². The van der Waals surface area contributed by atoms with Crippen LogP contribution in [0.25, 0.3) is 0 Å². The van der Waals surface area contributed by atoms with Crippen LogP contribution in [-0.2, 0) is 4.79 Å². The number of nitrogens with zero attached hydrogens (tertiary/aromatic N) is 2. The van der Waals surface area contributed by atoms with Crippen molar-refractivity contribution in [3.63, 3.8) is 0 Å². The molecule has 1 atom stereocenters. The predicted molar refractivity (Wildman–Crippen MR) is 75.6 cm³/mol. The second-order valence-corrected chi connectivity index (χ2v) is 5.65. The van der Waals surface area contributed by atoms with Crippen LogP contribution in [0.4, 0.5) is 5.69 Å². The molecule has 1 fully saturated rings. The molecule has 1 N–H and O–H groups in total. The van der Waals surface area contributed by atoms with Gasteiger partial charge in [-0.1, -0.05) is 6.07 Å². The van der Waals surface area contributed by atoms with E-state index in [-0.39, 0.29) is 0 Å². The highest BCUT2D eigenvalue weighted by atomic mass is 32.2. The van der Waals surface area contributed by atoms with E-state index >= 15 is 0 Å². The lowest BCUT2D eigenvalue weighted by Crippen LogP contribution is -2.48. The monoisotopic (exact) mass is 276 g/mol. The number of carboxylic acid groups (broad SMARTS) is 1. The van der Waals surface area contributed by atoms with E-state index in [9.17, 15) is 15.2 Å². The Labute approximate surface area is 117 Å². The van der Waals surface area contributed by atoms with Gasteiger partial charge in [0.25, 0.3) is 0 Å². The molecular weight excluding hydrogens is 260 g/mol. The zero-order valence-electron chi connectivity index (χ0n) is 11.0. The van der Waals surface area contributed by atoms with Gasteiger partial charge in [-0.2, -0.15) is 5.26 Å². The first-order valence-electron chi connectivity index (χ1n) is 6.12. The number of hydrogen-bond acceptors (Lipinski definition) is 4. The van der Waals surface area contributed by atoms with E-state index in [1.54, 1.807) is 6.92 Å². The van der Waals surface area contributed by atoms with Gasteiger partial charge in [0, 0.05) is 11.4 Å². The average molecular weight is 276 g/mol. The lowest BCUT2D eigenvalue weighted by Gasteiger charge is -2.34. The highest BCUT2D eigenvalue weighted by Crippen LogP contribution is 2.38. The first-order valence-corrected chi connectivity index (χ1v) is 7.35. The molecule has 5 heteroatoms. The minimum Gasteiger partial charge on any atom is -0.480 e. The van der Waals surface area contributed by atoms with Crippen molar-refractivity contribution in [2.45, 2.75) is 30.2 Å². The smallest absolute Gasteiger partial charge is 0.329 e. The Morgan fingerprint density at radius 3 is 2.89 bits per heavy atom. The Balaban J connectivity index is 2.54. The molecule has 1 saturated heterocycles. The van der Waals surface area contributed by atoms with Crippen molar-refractivity contribution in [2.75, 3.05) is 17.7 Å². The van der Waals surface area contributed by atoms with Gasteiger partial charge >= 0.3 is 5.97 Å². The molecule has 2 rings (SSSR count). The third kappa shape index (κ3) is 2.17. The first-order chi connectivity index (χ1) is 9.04. The number of nitriles is 1. The maximum Gasteiger partial charge on any atom is 0.329 e. The van der Waals surface area contributed by atoms with Crippen molar-refractivity contribution in [1.29, 1.82) is 5.26 Å². The summed E-state index contributed by atoms with van der Waals surface area (Å²) >= 11 is 1.50. The number of carboxylic acids is 1. The quantitative estimate of drug-likeness (QED) is 0.860. The summed E-state index contributed by atoms with van der Waals surface area (Å²) in [5.41, 5.74) is 0.393.